The van der Waals surface area contributed by atoms with E-state index in [1.165, 1.54) is 24.3 Å². The van der Waals surface area contributed by atoms with Gasteiger partial charge in [0.2, 0.25) is 0 Å². The Labute approximate surface area is 133 Å². The number of ether oxygens (including phenoxy) is 1. The summed E-state index contributed by atoms with van der Waals surface area (Å²) in [6.45, 7) is -0.151. The van der Waals surface area contributed by atoms with Crippen LogP contribution < -0.4 is 4.74 Å². The summed E-state index contributed by atoms with van der Waals surface area (Å²) >= 11 is 2.00. The van der Waals surface area contributed by atoms with Crippen LogP contribution in [0, 0.1) is 20.7 Å². The Balaban J connectivity index is 2.25. The summed E-state index contributed by atoms with van der Waals surface area (Å²) in [6, 6.07) is 10.8. The van der Waals surface area contributed by atoms with Crippen LogP contribution in [0.15, 0.2) is 36.4 Å². The molecular weight excluding hydrogens is 388 g/mol. The molecule has 0 unspecified atom stereocenters. The molecule has 2 rings (SSSR count). The Morgan fingerprint density at radius 1 is 1.38 bits per heavy atom. The molecule has 6 heteroatoms. The van der Waals surface area contributed by atoms with Gasteiger partial charge in [0, 0.05) is 9.13 Å². The van der Waals surface area contributed by atoms with E-state index in [-0.39, 0.29) is 29.0 Å². The molecular formula is C15H9FINO3. The molecule has 0 heterocycles. The molecule has 2 aromatic rings. The zero-order valence-corrected chi connectivity index (χ0v) is 12.8. The van der Waals surface area contributed by atoms with Crippen LogP contribution in [-0.2, 0) is 6.61 Å². The quantitative estimate of drug-likeness (QED) is 0.801. The molecule has 0 radical (unpaired) electrons. The van der Waals surface area contributed by atoms with Gasteiger partial charge in [-0.2, -0.15) is 5.26 Å². The normalized spacial score (nSPS) is 9.95. The topological polar surface area (TPSA) is 70.3 Å². The third kappa shape index (κ3) is 3.49. The first kappa shape index (κ1) is 15.3. The standard InChI is InChI=1S/C15H9FINO3/c16-14-9(7-18)2-1-3-10(14)8-21-13-5-4-11(17)6-12(13)15(19)20/h1-6H,8H2,(H,19,20). The van der Waals surface area contributed by atoms with Crippen LogP contribution in [-0.4, -0.2) is 11.1 Å². The number of carboxylic acids is 1. The second-order valence-electron chi connectivity index (χ2n) is 4.12. The van der Waals surface area contributed by atoms with Gasteiger partial charge in [-0.15, -0.1) is 0 Å². The highest BCUT2D eigenvalue weighted by Crippen LogP contribution is 2.23. The number of rotatable bonds is 4. The second-order valence-corrected chi connectivity index (χ2v) is 5.37. The van der Waals surface area contributed by atoms with Crippen LogP contribution in [0.3, 0.4) is 0 Å². The molecule has 0 amide bonds. The molecule has 0 aliphatic carbocycles. The summed E-state index contributed by atoms with van der Waals surface area (Å²) in [6.07, 6.45) is 0. The van der Waals surface area contributed by atoms with Crippen molar-refractivity contribution in [3.63, 3.8) is 0 Å². The molecule has 4 nitrogen and oxygen atoms in total. The third-order valence-corrected chi connectivity index (χ3v) is 3.43. The maximum Gasteiger partial charge on any atom is 0.339 e. The summed E-state index contributed by atoms with van der Waals surface area (Å²) in [5.41, 5.74) is 0.139. The minimum Gasteiger partial charge on any atom is -0.488 e. The summed E-state index contributed by atoms with van der Waals surface area (Å²) in [7, 11) is 0. The average Bonchev–Trinajstić information content (AvgIpc) is 2.47. The number of halogens is 2. The largest absolute Gasteiger partial charge is 0.488 e. The minimum absolute atomic E-state index is 0.0127. The molecule has 106 valence electrons. The summed E-state index contributed by atoms with van der Waals surface area (Å²) < 4.78 is 20.0. The SMILES string of the molecule is N#Cc1cccc(COc2ccc(I)cc2C(=O)O)c1F. The van der Waals surface area contributed by atoms with Gasteiger partial charge in [-0.05, 0) is 46.9 Å². The summed E-state index contributed by atoms with van der Waals surface area (Å²) in [5, 5.41) is 17.9. The highest BCUT2D eigenvalue weighted by molar-refractivity contribution is 14.1. The van der Waals surface area contributed by atoms with Gasteiger partial charge < -0.3 is 9.84 Å². The highest BCUT2D eigenvalue weighted by atomic mass is 127. The van der Waals surface area contributed by atoms with Crippen molar-refractivity contribution >= 4 is 28.6 Å². The molecule has 0 aromatic heterocycles. The molecule has 0 aliphatic heterocycles. The van der Waals surface area contributed by atoms with Gasteiger partial charge >= 0.3 is 5.97 Å². The minimum atomic E-state index is -1.12. The fourth-order valence-electron chi connectivity index (χ4n) is 1.73. The van der Waals surface area contributed by atoms with Crippen molar-refractivity contribution in [1.29, 1.82) is 5.26 Å². The fraction of sp³-hybridized carbons (Fsp3) is 0.0667. The predicted molar refractivity (Wildman–Crippen MR) is 81.6 cm³/mol. The van der Waals surface area contributed by atoms with E-state index in [2.05, 4.69) is 0 Å². The summed E-state index contributed by atoms with van der Waals surface area (Å²) in [4.78, 5) is 11.2. The van der Waals surface area contributed by atoms with Crippen molar-refractivity contribution in [3.8, 4) is 11.8 Å². The Morgan fingerprint density at radius 3 is 2.81 bits per heavy atom. The maximum absolute atomic E-state index is 13.9. The zero-order valence-electron chi connectivity index (χ0n) is 10.6. The number of nitrogens with zero attached hydrogens (tertiary/aromatic N) is 1. The van der Waals surface area contributed by atoms with E-state index in [0.717, 1.165) is 3.57 Å². The number of carboxylic acid groups (broad SMARTS) is 1. The maximum atomic E-state index is 13.9. The smallest absolute Gasteiger partial charge is 0.339 e. The Kier molecular flexibility index (Phi) is 4.75. The van der Waals surface area contributed by atoms with Crippen molar-refractivity contribution in [2.24, 2.45) is 0 Å². The average molecular weight is 397 g/mol. The van der Waals surface area contributed by atoms with Gasteiger partial charge in [0.15, 0.2) is 0 Å². The van der Waals surface area contributed by atoms with Crippen LogP contribution in [0.4, 0.5) is 4.39 Å². The molecule has 0 bridgehead atoms. The Hall–Kier alpha value is -2.14. The van der Waals surface area contributed by atoms with E-state index in [0.29, 0.717) is 0 Å². The molecule has 0 saturated heterocycles. The molecule has 0 aliphatic rings. The van der Waals surface area contributed by atoms with Gasteiger partial charge in [-0.1, -0.05) is 12.1 Å². The van der Waals surface area contributed by atoms with Crippen molar-refractivity contribution in [2.45, 2.75) is 6.61 Å². The zero-order chi connectivity index (χ0) is 15.4. The van der Waals surface area contributed by atoms with Gasteiger partial charge in [0.1, 0.15) is 29.8 Å². The number of nitriles is 1. The van der Waals surface area contributed by atoms with Crippen molar-refractivity contribution in [2.75, 3.05) is 0 Å². The highest BCUT2D eigenvalue weighted by Gasteiger charge is 2.13. The van der Waals surface area contributed by atoms with Crippen LogP contribution in [0.5, 0.6) is 5.75 Å². The molecule has 0 fully saturated rings. The Morgan fingerprint density at radius 2 is 2.14 bits per heavy atom. The van der Waals surface area contributed by atoms with Gasteiger partial charge in [-0.25, -0.2) is 9.18 Å². The lowest BCUT2D eigenvalue weighted by atomic mass is 10.1. The Bertz CT molecular complexity index is 740. The first-order chi connectivity index (χ1) is 10.0. The number of carbonyl (C=O) groups is 1. The summed E-state index contributed by atoms with van der Waals surface area (Å²) in [5.74, 6) is -1.61. The lowest BCUT2D eigenvalue weighted by Gasteiger charge is -2.10. The van der Waals surface area contributed by atoms with Gasteiger partial charge in [0.05, 0.1) is 5.56 Å². The lowest BCUT2D eigenvalue weighted by Crippen LogP contribution is -2.05. The van der Waals surface area contributed by atoms with Crippen LogP contribution in [0.25, 0.3) is 0 Å². The molecule has 2 aromatic carbocycles. The molecule has 1 N–H and O–H groups in total. The first-order valence-electron chi connectivity index (χ1n) is 5.86. The molecule has 21 heavy (non-hydrogen) atoms. The van der Waals surface area contributed by atoms with Crippen molar-refractivity contribution < 1.29 is 19.0 Å². The first-order valence-corrected chi connectivity index (χ1v) is 6.94. The van der Waals surface area contributed by atoms with Gasteiger partial charge in [-0.3, -0.25) is 0 Å². The van der Waals surface area contributed by atoms with Crippen LogP contribution in [0.1, 0.15) is 21.5 Å². The molecule has 0 spiro atoms. The number of benzene rings is 2. The fourth-order valence-corrected chi connectivity index (χ4v) is 2.22. The van der Waals surface area contributed by atoms with Crippen molar-refractivity contribution in [1.82, 2.24) is 0 Å². The van der Waals surface area contributed by atoms with E-state index in [1.807, 2.05) is 22.6 Å². The van der Waals surface area contributed by atoms with E-state index >= 15 is 0 Å². The number of hydrogen-bond donors (Lipinski definition) is 1. The van der Waals surface area contributed by atoms with Crippen molar-refractivity contribution in [3.05, 3.63) is 62.5 Å². The third-order valence-electron chi connectivity index (χ3n) is 2.75. The van der Waals surface area contributed by atoms with E-state index < -0.39 is 11.8 Å². The van der Waals surface area contributed by atoms with E-state index in [1.54, 1.807) is 18.2 Å². The van der Waals surface area contributed by atoms with Crippen LogP contribution >= 0.6 is 22.6 Å². The number of hydrogen-bond acceptors (Lipinski definition) is 3. The van der Waals surface area contributed by atoms with Gasteiger partial charge in [0.25, 0.3) is 0 Å². The second kappa shape index (κ2) is 6.54. The number of aromatic carboxylic acids is 1. The van der Waals surface area contributed by atoms with E-state index in [9.17, 15) is 9.18 Å². The molecule has 0 atom stereocenters. The lowest BCUT2D eigenvalue weighted by molar-refractivity contribution is 0.0691. The van der Waals surface area contributed by atoms with Crippen LogP contribution in [0.2, 0.25) is 0 Å². The van der Waals surface area contributed by atoms with E-state index in [4.69, 9.17) is 15.1 Å². The monoisotopic (exact) mass is 397 g/mol. The predicted octanol–water partition coefficient (Wildman–Crippen LogP) is 3.58. The molecule has 0 saturated carbocycles.